The van der Waals surface area contributed by atoms with E-state index in [0.717, 1.165) is 61.5 Å². The summed E-state index contributed by atoms with van der Waals surface area (Å²) in [5, 5.41) is 0. The van der Waals surface area contributed by atoms with Crippen LogP contribution in [0.3, 0.4) is 0 Å². The van der Waals surface area contributed by atoms with Crippen molar-refractivity contribution in [2.75, 3.05) is 44.7 Å². The zero-order valence-corrected chi connectivity index (χ0v) is 24.8. The van der Waals surface area contributed by atoms with Crippen molar-refractivity contribution < 1.29 is 14.4 Å². The van der Waals surface area contributed by atoms with Crippen LogP contribution in [0, 0.1) is 5.92 Å². The van der Waals surface area contributed by atoms with Crippen LogP contribution in [0.2, 0.25) is 0 Å². The number of rotatable bonds is 4. The largest absolute Gasteiger partial charge is 0.485 e. The lowest BCUT2D eigenvalue weighted by Gasteiger charge is -2.39. The Morgan fingerprint density at radius 3 is 2.36 bits per heavy atom. The molecule has 6 rings (SSSR count). The normalized spacial score (nSPS) is 22.0. The first-order chi connectivity index (χ1) is 18.9. The number of amidine groups is 1. The molecule has 1 atom stereocenters. The van der Waals surface area contributed by atoms with Gasteiger partial charge in [0.05, 0.1) is 11.9 Å². The fourth-order valence-corrected chi connectivity index (χ4v) is 6.10. The second-order valence-electron chi connectivity index (χ2n) is 10.5. The van der Waals surface area contributed by atoms with Crippen molar-refractivity contribution in [2.45, 2.75) is 58.9 Å². The number of ether oxygens (including phenoxy) is 1. The third-order valence-corrected chi connectivity index (χ3v) is 8.39. The molecule has 2 saturated heterocycles. The molecule has 2 fully saturated rings. The SMILES string of the molecule is CC.CC(C)C1=NC(N2CCC3(CC2)Cc2cc(-c4ccc(C=O)cc4)ncc2O3)ON1.CN1CCSCC1. The third-order valence-electron chi connectivity index (χ3n) is 7.45. The van der Waals surface area contributed by atoms with E-state index < -0.39 is 0 Å². The highest BCUT2D eigenvalue weighted by molar-refractivity contribution is 7.99. The van der Waals surface area contributed by atoms with E-state index in [4.69, 9.17) is 9.57 Å². The highest BCUT2D eigenvalue weighted by atomic mass is 32.2. The number of likely N-dealkylation sites (tertiary alicyclic amines) is 1. The Balaban J connectivity index is 0.000000338. The predicted octanol–water partition coefficient (Wildman–Crippen LogP) is 4.89. The fourth-order valence-electron chi connectivity index (χ4n) is 5.02. The highest BCUT2D eigenvalue weighted by Gasteiger charge is 2.44. The van der Waals surface area contributed by atoms with Gasteiger partial charge in [-0.1, -0.05) is 52.0 Å². The molecule has 0 radical (unpaired) electrons. The van der Waals surface area contributed by atoms with Crippen LogP contribution in [0.25, 0.3) is 11.3 Å². The predicted molar refractivity (Wildman–Crippen MR) is 159 cm³/mol. The van der Waals surface area contributed by atoms with E-state index in [1.54, 1.807) is 0 Å². The Morgan fingerprint density at radius 1 is 1.10 bits per heavy atom. The van der Waals surface area contributed by atoms with Crippen molar-refractivity contribution in [3.05, 3.63) is 47.7 Å². The zero-order chi connectivity index (χ0) is 27.8. The van der Waals surface area contributed by atoms with Crippen LogP contribution in [-0.2, 0) is 11.3 Å². The number of aromatic nitrogens is 1. The summed E-state index contributed by atoms with van der Waals surface area (Å²) < 4.78 is 6.41. The van der Waals surface area contributed by atoms with E-state index in [2.05, 4.69) is 64.0 Å². The van der Waals surface area contributed by atoms with E-state index in [1.807, 2.05) is 44.3 Å². The second-order valence-corrected chi connectivity index (χ2v) is 11.8. The van der Waals surface area contributed by atoms with E-state index in [-0.39, 0.29) is 12.0 Å². The molecule has 0 amide bonds. The van der Waals surface area contributed by atoms with Crippen molar-refractivity contribution >= 4 is 23.9 Å². The summed E-state index contributed by atoms with van der Waals surface area (Å²) in [6, 6.07) is 9.62. The summed E-state index contributed by atoms with van der Waals surface area (Å²) in [6.07, 6.45) is 5.19. The Bertz CT molecular complexity index is 1110. The molecule has 5 heterocycles. The van der Waals surface area contributed by atoms with E-state index >= 15 is 0 Å². The van der Waals surface area contributed by atoms with Gasteiger partial charge >= 0.3 is 0 Å². The lowest BCUT2D eigenvalue weighted by molar-refractivity contribution is -0.0954. The molecule has 212 valence electrons. The molecule has 39 heavy (non-hydrogen) atoms. The fraction of sp³-hybridized carbons (Fsp3) is 0.567. The average molecular weight is 554 g/mol. The van der Waals surface area contributed by atoms with Gasteiger partial charge in [-0.15, -0.1) is 0 Å². The number of pyridine rings is 1. The first-order valence-electron chi connectivity index (χ1n) is 14.2. The van der Waals surface area contributed by atoms with Crippen LogP contribution in [0.4, 0.5) is 0 Å². The molecule has 2 aromatic rings. The van der Waals surface area contributed by atoms with Gasteiger partial charge in [0, 0.05) is 79.6 Å². The monoisotopic (exact) mass is 553 g/mol. The maximum Gasteiger partial charge on any atom is 0.233 e. The number of hydroxylamine groups is 1. The van der Waals surface area contributed by atoms with Crippen LogP contribution in [0.5, 0.6) is 5.75 Å². The first kappa shape index (κ1) is 29.5. The maximum absolute atomic E-state index is 10.9. The van der Waals surface area contributed by atoms with E-state index in [9.17, 15) is 4.79 Å². The molecule has 8 nitrogen and oxygen atoms in total. The van der Waals surface area contributed by atoms with Gasteiger partial charge in [-0.05, 0) is 13.1 Å². The van der Waals surface area contributed by atoms with Gasteiger partial charge < -0.3 is 9.64 Å². The lowest BCUT2D eigenvalue weighted by atomic mass is 9.87. The van der Waals surface area contributed by atoms with Gasteiger partial charge in [0.2, 0.25) is 6.35 Å². The average Bonchev–Trinajstić information content (AvgIpc) is 3.60. The van der Waals surface area contributed by atoms with Crippen LogP contribution >= 0.6 is 11.8 Å². The minimum absolute atomic E-state index is 0.170. The molecular formula is C30H43N5O3S. The number of aliphatic imine (C=N–C) groups is 1. The van der Waals surface area contributed by atoms with E-state index in [0.29, 0.717) is 11.5 Å². The topological polar surface area (TPSA) is 79.3 Å². The number of hydrogen-bond acceptors (Lipinski definition) is 9. The van der Waals surface area contributed by atoms with E-state index in [1.165, 1.54) is 30.2 Å². The number of carbonyl (C=O) groups excluding carboxylic acids is 1. The van der Waals surface area contributed by atoms with Crippen LogP contribution < -0.4 is 10.2 Å². The Labute approximate surface area is 237 Å². The van der Waals surface area contributed by atoms with Crippen molar-refractivity contribution in [3.8, 4) is 17.0 Å². The maximum atomic E-state index is 10.9. The zero-order valence-electron chi connectivity index (χ0n) is 24.0. The van der Waals surface area contributed by atoms with Gasteiger partial charge in [0.25, 0.3) is 0 Å². The summed E-state index contributed by atoms with van der Waals surface area (Å²) in [6.45, 7) is 12.5. The number of hydrogen-bond donors (Lipinski definition) is 1. The minimum atomic E-state index is -0.244. The molecule has 1 aromatic heterocycles. The first-order valence-corrected chi connectivity index (χ1v) is 15.3. The molecule has 0 aliphatic carbocycles. The summed E-state index contributed by atoms with van der Waals surface area (Å²) in [4.78, 5) is 30.4. The molecule has 4 aliphatic rings. The van der Waals surface area contributed by atoms with Crippen molar-refractivity contribution in [1.29, 1.82) is 0 Å². The number of thioether (sulfide) groups is 1. The molecule has 1 aromatic carbocycles. The van der Waals surface area contributed by atoms with Crippen LogP contribution in [0.15, 0.2) is 41.5 Å². The van der Waals surface area contributed by atoms with Gasteiger partial charge in [-0.2, -0.15) is 11.8 Å². The molecule has 9 heteroatoms. The third kappa shape index (κ3) is 7.39. The number of piperidine rings is 1. The molecule has 0 saturated carbocycles. The number of carbonyl (C=O) groups is 1. The number of aldehydes is 1. The van der Waals surface area contributed by atoms with Gasteiger partial charge in [-0.3, -0.25) is 14.7 Å². The van der Waals surface area contributed by atoms with Crippen molar-refractivity contribution in [1.82, 2.24) is 20.3 Å². The summed E-state index contributed by atoms with van der Waals surface area (Å²) in [5.41, 5.74) is 6.57. The van der Waals surface area contributed by atoms with Gasteiger partial charge in [0.15, 0.2) is 0 Å². The summed E-state index contributed by atoms with van der Waals surface area (Å²) in [5.74, 6) is 4.78. The quantitative estimate of drug-likeness (QED) is 0.536. The molecule has 1 unspecified atom stereocenters. The molecule has 1 spiro atoms. The van der Waals surface area contributed by atoms with Crippen molar-refractivity contribution in [2.24, 2.45) is 10.9 Å². The Morgan fingerprint density at radius 2 is 1.79 bits per heavy atom. The standard InChI is InChI=1S/C23H26N4O3.C5H11NS.C2H6/c1-15(2)21-25-22(30-26-21)27-9-7-23(8-10-27)12-18-11-19(24-13-20(18)29-23)17-5-3-16(14-28)4-6-17;1-6-2-4-7-5-3-6;1-2/h3-6,11,13-15,22H,7-10,12H2,1-2H3,(H,25,26);2-5H2,1H3;1-2H3. The Hall–Kier alpha value is -2.46. The van der Waals surface area contributed by atoms with Crippen molar-refractivity contribution in [3.63, 3.8) is 0 Å². The number of nitrogens with zero attached hydrogens (tertiary/aromatic N) is 4. The molecular weight excluding hydrogens is 510 g/mol. The molecule has 4 aliphatic heterocycles. The molecule has 1 N–H and O–H groups in total. The number of nitrogens with one attached hydrogen (secondary N) is 1. The van der Waals surface area contributed by atoms with Crippen LogP contribution in [0.1, 0.15) is 56.5 Å². The Kier molecular flexibility index (Phi) is 10.4. The van der Waals surface area contributed by atoms with Gasteiger partial charge in [-0.25, -0.2) is 15.3 Å². The molecule has 0 bridgehead atoms. The minimum Gasteiger partial charge on any atom is -0.485 e. The van der Waals surface area contributed by atoms with Crippen LogP contribution in [-0.4, -0.2) is 83.6 Å². The summed E-state index contributed by atoms with van der Waals surface area (Å²) >= 11 is 2.06. The number of benzene rings is 1. The highest BCUT2D eigenvalue weighted by Crippen LogP contribution is 2.42. The number of fused-ring (bicyclic) bond motifs is 1. The second kappa shape index (κ2) is 13.7. The smallest absolute Gasteiger partial charge is 0.233 e. The van der Waals surface area contributed by atoms with Gasteiger partial charge in [0.1, 0.15) is 23.5 Å². The lowest BCUT2D eigenvalue weighted by Crippen LogP contribution is -2.50. The summed E-state index contributed by atoms with van der Waals surface area (Å²) in [7, 11) is 2.18.